The van der Waals surface area contributed by atoms with E-state index in [-0.39, 0.29) is 10.7 Å². The Balaban J connectivity index is 2.08. The van der Waals surface area contributed by atoms with Crippen LogP contribution in [0.2, 0.25) is 0 Å². The minimum absolute atomic E-state index is 0.0176. The fraction of sp³-hybridized carbons (Fsp3) is 0.364. The number of carbonyl (C=O) groups is 1. The number of ether oxygens (including phenoxy) is 1. The standard InChI is InChI=1S/C22H26N4O3S/c1-4-5-6-9-12-29-19-11-8-7-10-17(19)20(27)24-22(30)25-26-16(3)13-15(2)18(14-23)21(26)28/h7-8,10-11,13H,4-6,9,12H2,1-3H3,(H2,24,25,27,30). The molecule has 0 unspecified atom stereocenters. The van der Waals surface area contributed by atoms with Crippen LogP contribution in [-0.2, 0) is 0 Å². The number of unbranched alkanes of at least 4 members (excludes halogenated alkanes) is 3. The largest absolute Gasteiger partial charge is 0.493 e. The third-order valence-corrected chi connectivity index (χ3v) is 4.72. The zero-order valence-electron chi connectivity index (χ0n) is 17.4. The summed E-state index contributed by atoms with van der Waals surface area (Å²) in [4.78, 5) is 25.2. The number of hydrogen-bond donors (Lipinski definition) is 2. The molecule has 0 fully saturated rings. The summed E-state index contributed by atoms with van der Waals surface area (Å²) in [5.74, 6) is 0.0275. The summed E-state index contributed by atoms with van der Waals surface area (Å²) >= 11 is 5.20. The maximum atomic E-state index is 12.7. The van der Waals surface area contributed by atoms with Gasteiger partial charge in [0.1, 0.15) is 17.4 Å². The Morgan fingerprint density at radius 1 is 1.23 bits per heavy atom. The topological polar surface area (TPSA) is 96.2 Å². The van der Waals surface area contributed by atoms with Gasteiger partial charge in [-0.15, -0.1) is 0 Å². The minimum atomic E-state index is -0.526. The average Bonchev–Trinajstić information content (AvgIpc) is 2.71. The average molecular weight is 427 g/mol. The Hall–Kier alpha value is -3.18. The summed E-state index contributed by atoms with van der Waals surface area (Å²) in [7, 11) is 0. The number of aromatic nitrogens is 1. The highest BCUT2D eigenvalue weighted by molar-refractivity contribution is 7.80. The molecule has 0 atom stereocenters. The first-order chi connectivity index (χ1) is 14.4. The Labute approximate surface area is 181 Å². The van der Waals surface area contributed by atoms with Gasteiger partial charge in [-0.05, 0) is 56.2 Å². The van der Waals surface area contributed by atoms with Gasteiger partial charge in [0.2, 0.25) is 0 Å². The van der Waals surface area contributed by atoms with E-state index in [4.69, 9.17) is 17.0 Å². The maximum absolute atomic E-state index is 12.7. The highest BCUT2D eigenvalue weighted by atomic mass is 32.1. The van der Waals surface area contributed by atoms with E-state index in [0.717, 1.165) is 30.4 Å². The zero-order valence-corrected chi connectivity index (χ0v) is 18.3. The van der Waals surface area contributed by atoms with Crippen LogP contribution in [0.1, 0.15) is 59.8 Å². The van der Waals surface area contributed by atoms with Crippen molar-refractivity contribution in [1.82, 2.24) is 9.99 Å². The number of pyridine rings is 1. The molecule has 8 heteroatoms. The second-order valence-corrected chi connectivity index (χ2v) is 7.30. The smallest absolute Gasteiger partial charge is 0.287 e. The van der Waals surface area contributed by atoms with E-state index in [2.05, 4.69) is 17.7 Å². The molecule has 0 spiro atoms. The lowest BCUT2D eigenvalue weighted by Crippen LogP contribution is -2.43. The molecule has 0 aliphatic heterocycles. The summed E-state index contributed by atoms with van der Waals surface area (Å²) < 4.78 is 6.91. The van der Waals surface area contributed by atoms with E-state index in [1.807, 2.05) is 6.07 Å². The van der Waals surface area contributed by atoms with Gasteiger partial charge in [0.05, 0.1) is 12.2 Å². The van der Waals surface area contributed by atoms with Gasteiger partial charge in [-0.1, -0.05) is 38.3 Å². The number of nitriles is 1. The molecule has 1 aromatic carbocycles. The molecule has 1 amide bonds. The summed E-state index contributed by atoms with van der Waals surface area (Å²) in [6.45, 7) is 6.07. The number of nitrogens with one attached hydrogen (secondary N) is 2. The van der Waals surface area contributed by atoms with Crippen molar-refractivity contribution >= 4 is 23.2 Å². The third-order valence-electron chi connectivity index (χ3n) is 4.53. The van der Waals surface area contributed by atoms with Gasteiger partial charge in [-0.3, -0.25) is 20.3 Å². The van der Waals surface area contributed by atoms with Crippen LogP contribution in [0.15, 0.2) is 35.1 Å². The van der Waals surface area contributed by atoms with E-state index in [9.17, 15) is 14.9 Å². The summed E-state index contributed by atoms with van der Waals surface area (Å²) in [5.41, 5.74) is 3.66. The number of carbonyl (C=O) groups excluding carboxylic acids is 1. The van der Waals surface area contributed by atoms with E-state index < -0.39 is 11.5 Å². The van der Waals surface area contributed by atoms with Crippen LogP contribution < -0.4 is 21.0 Å². The van der Waals surface area contributed by atoms with Crippen LogP contribution in [0.25, 0.3) is 0 Å². The molecule has 0 radical (unpaired) electrons. The molecule has 0 saturated heterocycles. The van der Waals surface area contributed by atoms with E-state index >= 15 is 0 Å². The fourth-order valence-electron chi connectivity index (χ4n) is 2.96. The second kappa shape index (κ2) is 11.1. The Kier molecular flexibility index (Phi) is 8.56. The third kappa shape index (κ3) is 5.91. The molecule has 0 bridgehead atoms. The molecule has 1 heterocycles. The monoisotopic (exact) mass is 426 g/mol. The molecule has 0 saturated carbocycles. The van der Waals surface area contributed by atoms with Crippen molar-refractivity contribution in [3.63, 3.8) is 0 Å². The molecule has 1 aromatic heterocycles. The Morgan fingerprint density at radius 2 is 1.97 bits per heavy atom. The highest BCUT2D eigenvalue weighted by Gasteiger charge is 2.15. The van der Waals surface area contributed by atoms with Gasteiger partial charge in [-0.2, -0.15) is 5.26 Å². The second-order valence-electron chi connectivity index (χ2n) is 6.90. The van der Waals surface area contributed by atoms with Crippen molar-refractivity contribution in [2.45, 2.75) is 46.5 Å². The molecule has 158 valence electrons. The Morgan fingerprint density at radius 3 is 2.67 bits per heavy atom. The minimum Gasteiger partial charge on any atom is -0.493 e. The van der Waals surface area contributed by atoms with Crippen molar-refractivity contribution < 1.29 is 9.53 Å². The molecule has 30 heavy (non-hydrogen) atoms. The van der Waals surface area contributed by atoms with E-state index in [1.54, 1.807) is 44.2 Å². The summed E-state index contributed by atoms with van der Waals surface area (Å²) in [5, 5.41) is 11.7. The molecule has 0 aliphatic rings. The number of amides is 1. The summed E-state index contributed by atoms with van der Waals surface area (Å²) in [6, 6.07) is 10.5. The number of nitrogens with zero attached hydrogens (tertiary/aromatic N) is 2. The molecule has 2 rings (SSSR count). The van der Waals surface area contributed by atoms with Crippen molar-refractivity contribution in [1.29, 1.82) is 5.26 Å². The molecule has 2 aromatic rings. The SMILES string of the molecule is CCCCCCOc1ccccc1C(=O)NC(=S)Nn1c(C)cc(C)c(C#N)c1=O. The predicted octanol–water partition coefficient (Wildman–Crippen LogP) is 3.55. The molecule has 2 N–H and O–H groups in total. The molecular formula is C22H26N4O3S. The Bertz CT molecular complexity index is 1020. The number of aryl methyl sites for hydroxylation is 2. The number of rotatable bonds is 8. The van der Waals surface area contributed by atoms with Crippen LogP contribution >= 0.6 is 12.2 Å². The van der Waals surface area contributed by atoms with Crippen molar-refractivity contribution in [3.8, 4) is 11.8 Å². The number of para-hydroxylation sites is 1. The van der Waals surface area contributed by atoms with Gasteiger partial charge < -0.3 is 4.74 Å². The van der Waals surface area contributed by atoms with Crippen LogP contribution in [0.3, 0.4) is 0 Å². The summed E-state index contributed by atoms with van der Waals surface area (Å²) in [6.07, 6.45) is 4.29. The highest BCUT2D eigenvalue weighted by Crippen LogP contribution is 2.18. The first kappa shape index (κ1) is 23.1. The molecular weight excluding hydrogens is 400 g/mol. The quantitative estimate of drug-likeness (QED) is 0.495. The first-order valence-corrected chi connectivity index (χ1v) is 10.3. The van der Waals surface area contributed by atoms with Gasteiger partial charge in [0, 0.05) is 5.69 Å². The van der Waals surface area contributed by atoms with E-state index in [1.165, 1.54) is 0 Å². The van der Waals surface area contributed by atoms with Crippen LogP contribution in [0.5, 0.6) is 5.75 Å². The fourth-order valence-corrected chi connectivity index (χ4v) is 3.14. The van der Waals surface area contributed by atoms with Crippen LogP contribution in [0, 0.1) is 25.2 Å². The predicted molar refractivity (Wildman–Crippen MR) is 120 cm³/mol. The van der Waals surface area contributed by atoms with Crippen LogP contribution in [0.4, 0.5) is 0 Å². The van der Waals surface area contributed by atoms with Gasteiger partial charge >= 0.3 is 0 Å². The first-order valence-electron chi connectivity index (χ1n) is 9.86. The molecule has 7 nitrogen and oxygen atoms in total. The normalized spacial score (nSPS) is 10.2. The van der Waals surface area contributed by atoms with E-state index in [0.29, 0.717) is 29.2 Å². The van der Waals surface area contributed by atoms with Gasteiger partial charge in [0.25, 0.3) is 11.5 Å². The maximum Gasteiger partial charge on any atom is 0.287 e. The van der Waals surface area contributed by atoms with Gasteiger partial charge in [0.15, 0.2) is 5.11 Å². The van der Waals surface area contributed by atoms with Crippen molar-refractivity contribution in [3.05, 3.63) is 63.1 Å². The lowest BCUT2D eigenvalue weighted by molar-refractivity contribution is 0.0973. The zero-order chi connectivity index (χ0) is 22.1. The van der Waals surface area contributed by atoms with Crippen molar-refractivity contribution in [2.24, 2.45) is 0 Å². The van der Waals surface area contributed by atoms with Gasteiger partial charge in [-0.25, -0.2) is 4.68 Å². The lowest BCUT2D eigenvalue weighted by atomic mass is 10.1. The number of benzene rings is 1. The lowest BCUT2D eigenvalue weighted by Gasteiger charge is -2.16. The number of hydrogen-bond acceptors (Lipinski definition) is 5. The molecule has 0 aliphatic carbocycles. The number of thiocarbonyl (C=S) groups is 1. The van der Waals surface area contributed by atoms with Crippen LogP contribution in [-0.4, -0.2) is 22.3 Å². The van der Waals surface area contributed by atoms with Crippen molar-refractivity contribution in [2.75, 3.05) is 12.0 Å².